The van der Waals surface area contributed by atoms with Gasteiger partial charge in [0.2, 0.25) is 0 Å². The first-order chi connectivity index (χ1) is 10.5. The number of alkyl carbamates (subject to hydrolysis) is 1. The minimum Gasteiger partial charge on any atom is -0.444 e. The van der Waals surface area contributed by atoms with E-state index in [2.05, 4.69) is 10.1 Å². The number of benzene rings is 1. The number of halogens is 3. The number of amides is 1. The van der Waals surface area contributed by atoms with E-state index in [0.717, 1.165) is 12.1 Å². The fourth-order valence-corrected chi connectivity index (χ4v) is 1.70. The lowest BCUT2D eigenvalue weighted by Gasteiger charge is -2.23. The van der Waals surface area contributed by atoms with E-state index in [0.29, 0.717) is 5.56 Å². The zero-order valence-electron chi connectivity index (χ0n) is 12.9. The molecule has 0 bridgehead atoms. The highest BCUT2D eigenvalue weighted by Gasteiger charge is 2.31. The minimum absolute atomic E-state index is 0.0568. The molecule has 23 heavy (non-hydrogen) atoms. The summed E-state index contributed by atoms with van der Waals surface area (Å²) in [5.41, 5.74) is -0.238. The first kappa shape index (κ1) is 18.6. The van der Waals surface area contributed by atoms with Crippen LogP contribution in [0.2, 0.25) is 0 Å². The molecule has 1 atom stereocenters. The molecule has 0 heterocycles. The molecule has 0 aliphatic carbocycles. The minimum atomic E-state index is -4.78. The van der Waals surface area contributed by atoms with Gasteiger partial charge in [-0.3, -0.25) is 0 Å². The van der Waals surface area contributed by atoms with Gasteiger partial charge in [-0.1, -0.05) is 12.1 Å². The molecule has 0 aliphatic rings. The second-order valence-electron chi connectivity index (χ2n) is 5.68. The molecule has 0 aromatic heterocycles. The molecular formula is C15H17F3N2O3. The van der Waals surface area contributed by atoms with Gasteiger partial charge in [0.05, 0.1) is 18.5 Å². The molecule has 1 rings (SSSR count). The molecule has 1 unspecified atom stereocenters. The van der Waals surface area contributed by atoms with Crippen molar-refractivity contribution in [2.45, 2.75) is 45.2 Å². The summed E-state index contributed by atoms with van der Waals surface area (Å²) in [6.07, 6.45) is -5.55. The molecule has 0 spiro atoms. The molecule has 8 heteroatoms. The van der Waals surface area contributed by atoms with Crippen LogP contribution in [0.4, 0.5) is 18.0 Å². The van der Waals surface area contributed by atoms with Crippen molar-refractivity contribution >= 4 is 6.09 Å². The van der Waals surface area contributed by atoms with Gasteiger partial charge in [-0.25, -0.2) is 4.79 Å². The van der Waals surface area contributed by atoms with Gasteiger partial charge in [-0.05, 0) is 38.5 Å². The summed E-state index contributed by atoms with van der Waals surface area (Å²) < 4.78 is 45.2. The van der Waals surface area contributed by atoms with E-state index in [1.54, 1.807) is 20.8 Å². The number of carbonyl (C=O) groups excluding carboxylic acids is 1. The summed E-state index contributed by atoms with van der Waals surface area (Å²) in [4.78, 5) is 11.8. The van der Waals surface area contributed by atoms with E-state index < -0.39 is 24.1 Å². The number of nitrogens with one attached hydrogen (secondary N) is 1. The van der Waals surface area contributed by atoms with E-state index in [4.69, 9.17) is 10.00 Å². The van der Waals surface area contributed by atoms with Crippen molar-refractivity contribution in [3.05, 3.63) is 29.8 Å². The third kappa shape index (κ3) is 7.40. The van der Waals surface area contributed by atoms with Crippen LogP contribution < -0.4 is 10.1 Å². The highest BCUT2D eigenvalue weighted by Crippen LogP contribution is 2.25. The van der Waals surface area contributed by atoms with Crippen LogP contribution in [0.5, 0.6) is 5.75 Å². The number of nitrogens with zero attached hydrogens (tertiary/aromatic N) is 1. The van der Waals surface area contributed by atoms with E-state index in [-0.39, 0.29) is 12.2 Å². The SMILES string of the molecule is CC(C)(C)OC(=O)NC(CC#N)c1ccc(OC(F)(F)F)cc1. The number of nitriles is 1. The second-order valence-corrected chi connectivity index (χ2v) is 5.68. The molecule has 0 aliphatic heterocycles. The number of hydrogen-bond donors (Lipinski definition) is 1. The van der Waals surface area contributed by atoms with E-state index in [1.807, 2.05) is 6.07 Å². The Bertz CT molecular complexity index is 572. The summed E-state index contributed by atoms with van der Waals surface area (Å²) in [6, 6.07) is 6.13. The molecule has 1 aromatic rings. The Labute approximate surface area is 132 Å². The van der Waals surface area contributed by atoms with Gasteiger partial charge in [0.15, 0.2) is 0 Å². The smallest absolute Gasteiger partial charge is 0.444 e. The lowest BCUT2D eigenvalue weighted by Crippen LogP contribution is -2.34. The van der Waals surface area contributed by atoms with Gasteiger partial charge >= 0.3 is 12.5 Å². The molecule has 1 amide bonds. The van der Waals surface area contributed by atoms with Crippen molar-refractivity contribution in [1.29, 1.82) is 5.26 Å². The van der Waals surface area contributed by atoms with Crippen LogP contribution in [0.3, 0.4) is 0 Å². The maximum atomic E-state index is 12.1. The Morgan fingerprint density at radius 2 is 1.83 bits per heavy atom. The fraction of sp³-hybridized carbons (Fsp3) is 0.467. The molecule has 0 saturated heterocycles. The first-order valence-corrected chi connectivity index (χ1v) is 6.72. The van der Waals surface area contributed by atoms with E-state index in [9.17, 15) is 18.0 Å². The summed E-state index contributed by atoms with van der Waals surface area (Å²) in [6.45, 7) is 5.07. The predicted molar refractivity (Wildman–Crippen MR) is 75.5 cm³/mol. The van der Waals surface area contributed by atoms with Gasteiger partial charge in [0, 0.05) is 0 Å². The number of hydrogen-bond acceptors (Lipinski definition) is 4. The summed E-state index contributed by atoms with van der Waals surface area (Å²) in [5, 5.41) is 11.3. The zero-order chi connectivity index (χ0) is 17.7. The van der Waals surface area contributed by atoms with E-state index >= 15 is 0 Å². The van der Waals surface area contributed by atoms with Crippen molar-refractivity contribution in [2.75, 3.05) is 0 Å². The number of carbonyl (C=O) groups is 1. The quantitative estimate of drug-likeness (QED) is 0.903. The summed E-state index contributed by atoms with van der Waals surface area (Å²) in [5.74, 6) is -0.380. The molecule has 5 nitrogen and oxygen atoms in total. The number of alkyl halides is 3. The van der Waals surface area contributed by atoms with Gasteiger partial charge in [0.25, 0.3) is 0 Å². The molecular weight excluding hydrogens is 313 g/mol. The van der Waals surface area contributed by atoms with Crippen LogP contribution in [-0.4, -0.2) is 18.1 Å². The van der Waals surface area contributed by atoms with Crippen molar-refractivity contribution in [2.24, 2.45) is 0 Å². The first-order valence-electron chi connectivity index (χ1n) is 6.72. The number of rotatable bonds is 4. The molecule has 126 valence electrons. The van der Waals surface area contributed by atoms with Crippen LogP contribution in [-0.2, 0) is 4.74 Å². The van der Waals surface area contributed by atoms with Crippen LogP contribution in [0.1, 0.15) is 38.8 Å². The van der Waals surface area contributed by atoms with Crippen molar-refractivity contribution in [3.8, 4) is 11.8 Å². The maximum absolute atomic E-state index is 12.1. The van der Waals surface area contributed by atoms with Crippen molar-refractivity contribution in [3.63, 3.8) is 0 Å². The predicted octanol–water partition coefficient (Wildman–Crippen LogP) is 4.06. The van der Waals surface area contributed by atoms with Crippen LogP contribution in [0.15, 0.2) is 24.3 Å². The Balaban J connectivity index is 2.82. The van der Waals surface area contributed by atoms with Crippen LogP contribution in [0.25, 0.3) is 0 Å². The lowest BCUT2D eigenvalue weighted by molar-refractivity contribution is -0.274. The van der Waals surface area contributed by atoms with Crippen LogP contribution in [0, 0.1) is 11.3 Å². The Morgan fingerprint density at radius 3 is 2.26 bits per heavy atom. The molecule has 1 N–H and O–H groups in total. The van der Waals surface area contributed by atoms with Gasteiger partial charge < -0.3 is 14.8 Å². The standard InChI is InChI=1S/C15H17F3N2O3/c1-14(2,3)23-13(21)20-12(8-9-19)10-4-6-11(7-5-10)22-15(16,17)18/h4-7,12H,8H2,1-3H3,(H,20,21). The molecule has 0 fully saturated rings. The lowest BCUT2D eigenvalue weighted by atomic mass is 10.0. The van der Waals surface area contributed by atoms with Gasteiger partial charge in [-0.2, -0.15) is 5.26 Å². The third-order valence-electron chi connectivity index (χ3n) is 2.50. The zero-order valence-corrected chi connectivity index (χ0v) is 12.9. The fourth-order valence-electron chi connectivity index (χ4n) is 1.70. The monoisotopic (exact) mass is 330 g/mol. The maximum Gasteiger partial charge on any atom is 0.573 e. The van der Waals surface area contributed by atoms with Gasteiger partial charge in [-0.15, -0.1) is 13.2 Å². The summed E-state index contributed by atoms with van der Waals surface area (Å²) in [7, 11) is 0. The van der Waals surface area contributed by atoms with Crippen LogP contribution >= 0.6 is 0 Å². The largest absolute Gasteiger partial charge is 0.573 e. The molecule has 0 saturated carbocycles. The average molecular weight is 330 g/mol. The summed E-state index contributed by atoms with van der Waals surface area (Å²) >= 11 is 0. The Hall–Kier alpha value is -2.43. The van der Waals surface area contributed by atoms with E-state index in [1.165, 1.54) is 12.1 Å². The highest BCUT2D eigenvalue weighted by atomic mass is 19.4. The van der Waals surface area contributed by atoms with Crippen molar-refractivity contribution in [1.82, 2.24) is 5.32 Å². The topological polar surface area (TPSA) is 71.3 Å². The second kappa shape index (κ2) is 7.22. The Kier molecular flexibility index (Phi) is 5.85. The average Bonchev–Trinajstić information content (AvgIpc) is 2.35. The molecule has 0 radical (unpaired) electrons. The van der Waals surface area contributed by atoms with Gasteiger partial charge in [0.1, 0.15) is 11.4 Å². The number of ether oxygens (including phenoxy) is 2. The molecule has 1 aromatic carbocycles. The highest BCUT2D eigenvalue weighted by molar-refractivity contribution is 5.68. The normalized spacial score (nSPS) is 12.9. The Morgan fingerprint density at radius 1 is 1.26 bits per heavy atom. The third-order valence-corrected chi connectivity index (χ3v) is 2.50. The van der Waals surface area contributed by atoms with Crippen molar-refractivity contribution < 1.29 is 27.4 Å².